The van der Waals surface area contributed by atoms with E-state index in [2.05, 4.69) is 16.3 Å². The number of nitrogens with one attached hydrogen (secondary N) is 1. The maximum absolute atomic E-state index is 12.2. The molecule has 1 aromatic rings. The van der Waals surface area contributed by atoms with Gasteiger partial charge in [-0.15, -0.1) is 0 Å². The Labute approximate surface area is 136 Å². The van der Waals surface area contributed by atoms with Gasteiger partial charge in [0.1, 0.15) is 5.75 Å². The van der Waals surface area contributed by atoms with E-state index in [9.17, 15) is 9.90 Å². The number of fused-ring (bicyclic) bond motifs is 1. The minimum atomic E-state index is -0.0562. The van der Waals surface area contributed by atoms with Crippen LogP contribution in [0.3, 0.4) is 0 Å². The Hall–Kier alpha value is -1.55. The summed E-state index contributed by atoms with van der Waals surface area (Å²) in [6.07, 6.45) is 5.47. The van der Waals surface area contributed by atoms with Gasteiger partial charge in [0.15, 0.2) is 0 Å². The molecule has 1 saturated carbocycles. The number of benzene rings is 1. The summed E-state index contributed by atoms with van der Waals surface area (Å²) < 4.78 is 0. The first-order valence-corrected chi connectivity index (χ1v) is 8.99. The smallest absolute Gasteiger partial charge is 0.220 e. The summed E-state index contributed by atoms with van der Waals surface area (Å²) in [6, 6.07) is 6.37. The predicted molar refractivity (Wildman–Crippen MR) is 87.3 cm³/mol. The number of amides is 1. The first-order chi connectivity index (χ1) is 11.2. The topological polar surface area (TPSA) is 52.6 Å². The lowest BCUT2D eigenvalue weighted by molar-refractivity contribution is -0.129. The van der Waals surface area contributed by atoms with Gasteiger partial charge in [0.2, 0.25) is 5.91 Å². The number of nitrogens with zero attached hydrogens (tertiary/aromatic N) is 1. The summed E-state index contributed by atoms with van der Waals surface area (Å²) in [5.74, 6) is 1.90. The fraction of sp³-hybridized carbons (Fsp3) is 0.632. The Morgan fingerprint density at radius 3 is 3.04 bits per heavy atom. The zero-order valence-electron chi connectivity index (χ0n) is 13.4. The number of hydrogen-bond donors (Lipinski definition) is 2. The number of likely N-dealkylation sites (tertiary alicyclic amines) is 1. The fourth-order valence-corrected chi connectivity index (χ4v) is 5.43. The molecule has 0 aromatic heterocycles. The molecule has 1 amide bonds. The summed E-state index contributed by atoms with van der Waals surface area (Å²) in [4.78, 5) is 14.9. The number of aromatic hydroxyl groups is 1. The van der Waals surface area contributed by atoms with Crippen LogP contribution in [-0.2, 0) is 16.6 Å². The lowest BCUT2D eigenvalue weighted by atomic mass is 9.54. The second kappa shape index (κ2) is 4.73. The lowest BCUT2D eigenvalue weighted by Crippen LogP contribution is -2.66. The van der Waals surface area contributed by atoms with Crippen molar-refractivity contribution in [1.82, 2.24) is 10.2 Å². The van der Waals surface area contributed by atoms with Gasteiger partial charge >= 0.3 is 0 Å². The molecule has 3 atom stereocenters. The Bertz CT molecular complexity index is 669. The number of phenolic OH excluding ortho intramolecular Hbond substituents is 1. The number of carbonyl (C=O) groups is 1. The summed E-state index contributed by atoms with van der Waals surface area (Å²) >= 11 is 0. The van der Waals surface area contributed by atoms with E-state index in [-0.39, 0.29) is 11.3 Å². The SMILES string of the molecule is O=C1C[C@]23CCN(CC4CC4)[C@H](Cc4ccc(O)cc42)[C@@H]3CN1. The second-order valence-corrected chi connectivity index (χ2v) is 8.04. The highest BCUT2D eigenvalue weighted by Crippen LogP contribution is 2.53. The van der Waals surface area contributed by atoms with E-state index < -0.39 is 0 Å². The van der Waals surface area contributed by atoms with Crippen LogP contribution in [0.2, 0.25) is 0 Å². The van der Waals surface area contributed by atoms with Crippen LogP contribution in [0.25, 0.3) is 0 Å². The molecule has 2 heterocycles. The van der Waals surface area contributed by atoms with E-state index in [0.29, 0.717) is 24.1 Å². The average molecular weight is 312 g/mol. The van der Waals surface area contributed by atoms with E-state index in [4.69, 9.17) is 0 Å². The van der Waals surface area contributed by atoms with Crippen LogP contribution in [0.1, 0.15) is 36.8 Å². The number of carbonyl (C=O) groups excluding carboxylic acids is 1. The molecule has 1 aromatic carbocycles. The van der Waals surface area contributed by atoms with Crippen molar-refractivity contribution in [2.24, 2.45) is 11.8 Å². The third kappa shape index (κ3) is 2.04. The second-order valence-electron chi connectivity index (χ2n) is 8.04. The molecule has 0 unspecified atom stereocenters. The molecule has 2 N–H and O–H groups in total. The fourth-order valence-electron chi connectivity index (χ4n) is 5.43. The van der Waals surface area contributed by atoms with Gasteiger partial charge in [0, 0.05) is 36.9 Å². The van der Waals surface area contributed by atoms with Crippen molar-refractivity contribution in [3.63, 3.8) is 0 Å². The Morgan fingerprint density at radius 2 is 2.22 bits per heavy atom. The van der Waals surface area contributed by atoms with E-state index >= 15 is 0 Å². The summed E-state index contributed by atoms with van der Waals surface area (Å²) in [6.45, 7) is 3.12. The molecule has 2 aliphatic carbocycles. The predicted octanol–water partition coefficient (Wildman–Crippen LogP) is 1.81. The molecule has 122 valence electrons. The zero-order chi connectivity index (χ0) is 15.6. The van der Waals surface area contributed by atoms with Crippen LogP contribution < -0.4 is 5.32 Å². The zero-order valence-corrected chi connectivity index (χ0v) is 13.4. The van der Waals surface area contributed by atoms with Crippen molar-refractivity contribution in [2.75, 3.05) is 19.6 Å². The number of phenols is 1. The summed E-state index contributed by atoms with van der Waals surface area (Å²) in [5.41, 5.74) is 2.54. The van der Waals surface area contributed by atoms with Gasteiger partial charge in [0.25, 0.3) is 0 Å². The van der Waals surface area contributed by atoms with E-state index in [1.54, 1.807) is 6.07 Å². The molecule has 2 bridgehead atoms. The molecular weight excluding hydrogens is 288 g/mol. The maximum atomic E-state index is 12.2. The monoisotopic (exact) mass is 312 g/mol. The third-order valence-electron chi connectivity index (χ3n) is 6.73. The molecule has 4 aliphatic rings. The molecular formula is C19H24N2O2. The molecule has 5 rings (SSSR count). The number of hydrogen-bond acceptors (Lipinski definition) is 3. The molecule has 4 nitrogen and oxygen atoms in total. The van der Waals surface area contributed by atoms with Crippen LogP contribution in [-0.4, -0.2) is 41.6 Å². The average Bonchev–Trinajstić information content (AvgIpc) is 3.34. The van der Waals surface area contributed by atoms with Gasteiger partial charge in [-0.25, -0.2) is 0 Å². The first-order valence-electron chi connectivity index (χ1n) is 8.99. The van der Waals surface area contributed by atoms with E-state index in [0.717, 1.165) is 31.8 Å². The molecule has 4 heteroatoms. The van der Waals surface area contributed by atoms with Crippen molar-refractivity contribution >= 4 is 5.91 Å². The number of rotatable bonds is 2. The lowest BCUT2D eigenvalue weighted by Gasteiger charge is -2.58. The molecule has 2 saturated heterocycles. The molecule has 23 heavy (non-hydrogen) atoms. The van der Waals surface area contributed by atoms with Crippen LogP contribution in [0.15, 0.2) is 18.2 Å². The van der Waals surface area contributed by atoms with Crippen molar-refractivity contribution in [3.8, 4) is 5.75 Å². The highest BCUT2D eigenvalue weighted by atomic mass is 16.3. The van der Waals surface area contributed by atoms with Crippen molar-refractivity contribution in [1.29, 1.82) is 0 Å². The highest BCUT2D eigenvalue weighted by Gasteiger charge is 2.56. The van der Waals surface area contributed by atoms with Gasteiger partial charge in [-0.05, 0) is 61.4 Å². The van der Waals surface area contributed by atoms with E-state index in [1.165, 1.54) is 30.5 Å². The van der Waals surface area contributed by atoms with E-state index in [1.807, 2.05) is 6.07 Å². The van der Waals surface area contributed by atoms with Gasteiger partial charge in [-0.1, -0.05) is 6.07 Å². The third-order valence-corrected chi connectivity index (χ3v) is 6.73. The quantitative estimate of drug-likeness (QED) is 0.876. The molecule has 0 radical (unpaired) electrons. The van der Waals surface area contributed by atoms with Crippen LogP contribution in [0, 0.1) is 11.8 Å². The maximum Gasteiger partial charge on any atom is 0.220 e. The summed E-state index contributed by atoms with van der Waals surface area (Å²) in [7, 11) is 0. The Kier molecular flexibility index (Phi) is 2.85. The highest BCUT2D eigenvalue weighted by molar-refractivity contribution is 5.79. The van der Waals surface area contributed by atoms with Crippen LogP contribution >= 0.6 is 0 Å². The van der Waals surface area contributed by atoms with Crippen molar-refractivity contribution in [3.05, 3.63) is 29.3 Å². The largest absolute Gasteiger partial charge is 0.508 e. The Morgan fingerprint density at radius 1 is 1.35 bits per heavy atom. The standard InChI is InChI=1S/C19H24N2O2/c22-14-4-3-13-7-17-16-10-20-18(23)9-19(16,15(13)8-14)5-6-21(17)11-12-1-2-12/h3-4,8,12,16-17,22H,1-2,5-7,9-11H2,(H,20,23)/t16-,17+,19+/m0/s1. The molecule has 2 aliphatic heterocycles. The summed E-state index contributed by atoms with van der Waals surface area (Å²) in [5, 5.41) is 13.1. The normalized spacial score (nSPS) is 36.1. The van der Waals surface area contributed by atoms with Crippen molar-refractivity contribution in [2.45, 2.75) is 43.6 Å². The van der Waals surface area contributed by atoms with Gasteiger partial charge < -0.3 is 10.4 Å². The first kappa shape index (κ1) is 13.8. The van der Waals surface area contributed by atoms with Gasteiger partial charge in [0.05, 0.1) is 0 Å². The molecule has 3 fully saturated rings. The van der Waals surface area contributed by atoms with Crippen LogP contribution in [0.5, 0.6) is 5.75 Å². The van der Waals surface area contributed by atoms with Gasteiger partial charge in [-0.2, -0.15) is 0 Å². The number of piperidine rings is 2. The van der Waals surface area contributed by atoms with Gasteiger partial charge in [-0.3, -0.25) is 9.69 Å². The van der Waals surface area contributed by atoms with Crippen LogP contribution in [0.4, 0.5) is 0 Å². The minimum absolute atomic E-state index is 0.0562. The van der Waals surface area contributed by atoms with Crippen molar-refractivity contribution < 1.29 is 9.90 Å². The Balaban J connectivity index is 1.60. The minimum Gasteiger partial charge on any atom is -0.508 e. The molecule has 0 spiro atoms.